The normalized spacial score (nSPS) is 42.0. The molecule has 128 valence electrons. The number of benzene rings is 1. The number of ether oxygens (including phenoxy) is 2. The van der Waals surface area contributed by atoms with Crippen LogP contribution < -0.4 is 5.32 Å². The SMILES string of the molecule is Cc1ccc(NC(=O)C23[C@@H]4C=C[C@@H](O4)C2(C(=O)O)[C@@H]2C=C[C@H]3O2)cc1. The second-order valence-corrected chi connectivity index (χ2v) is 7.09. The van der Waals surface area contributed by atoms with Gasteiger partial charge >= 0.3 is 5.97 Å². The van der Waals surface area contributed by atoms with Gasteiger partial charge in [-0.25, -0.2) is 0 Å². The molecule has 2 saturated heterocycles. The van der Waals surface area contributed by atoms with E-state index in [1.807, 2.05) is 19.1 Å². The largest absolute Gasteiger partial charge is 0.481 e. The summed E-state index contributed by atoms with van der Waals surface area (Å²) < 4.78 is 11.8. The number of amides is 1. The van der Waals surface area contributed by atoms with E-state index in [2.05, 4.69) is 5.32 Å². The first-order valence-corrected chi connectivity index (χ1v) is 8.30. The molecule has 2 unspecified atom stereocenters. The van der Waals surface area contributed by atoms with Crippen molar-refractivity contribution in [3.8, 4) is 0 Å². The summed E-state index contributed by atoms with van der Waals surface area (Å²) in [5.74, 6) is -1.42. The lowest BCUT2D eigenvalue weighted by Crippen LogP contribution is -2.63. The van der Waals surface area contributed by atoms with Crippen molar-refractivity contribution in [2.75, 3.05) is 5.32 Å². The molecular formula is C19H17NO5. The minimum atomic E-state index is -1.43. The van der Waals surface area contributed by atoms with Gasteiger partial charge in [-0.2, -0.15) is 0 Å². The predicted octanol–water partition coefficient (Wildman–Crippen LogP) is 1.67. The van der Waals surface area contributed by atoms with E-state index in [1.54, 1.807) is 36.4 Å². The minimum Gasteiger partial charge on any atom is -0.481 e. The molecule has 1 amide bonds. The molecule has 25 heavy (non-hydrogen) atoms. The summed E-state index contributed by atoms with van der Waals surface area (Å²) in [7, 11) is 0. The summed E-state index contributed by atoms with van der Waals surface area (Å²) in [6.07, 6.45) is 4.51. The molecule has 2 N–H and O–H groups in total. The fourth-order valence-electron chi connectivity index (χ4n) is 4.94. The number of nitrogens with one attached hydrogen (secondary N) is 1. The van der Waals surface area contributed by atoms with Crippen LogP contribution in [0.1, 0.15) is 5.56 Å². The molecule has 6 atom stereocenters. The quantitative estimate of drug-likeness (QED) is 0.818. The number of rotatable bonds is 3. The van der Waals surface area contributed by atoms with Crippen LogP contribution in [0.4, 0.5) is 5.69 Å². The molecule has 0 spiro atoms. The van der Waals surface area contributed by atoms with Gasteiger partial charge in [0, 0.05) is 5.69 Å². The van der Waals surface area contributed by atoms with E-state index < -0.39 is 41.2 Å². The molecule has 5 rings (SSSR count). The first kappa shape index (κ1) is 14.9. The number of hydrogen-bond acceptors (Lipinski definition) is 4. The first-order valence-electron chi connectivity index (χ1n) is 8.30. The van der Waals surface area contributed by atoms with Crippen molar-refractivity contribution < 1.29 is 24.2 Å². The molecule has 6 nitrogen and oxygen atoms in total. The van der Waals surface area contributed by atoms with Crippen LogP contribution in [-0.4, -0.2) is 41.4 Å². The minimum absolute atomic E-state index is 0.368. The maximum Gasteiger partial charge on any atom is 0.317 e. The van der Waals surface area contributed by atoms with Crippen LogP contribution in [0.5, 0.6) is 0 Å². The maximum absolute atomic E-state index is 13.4. The number of anilines is 1. The Bertz CT molecular complexity index is 812. The van der Waals surface area contributed by atoms with Crippen molar-refractivity contribution in [2.24, 2.45) is 10.8 Å². The van der Waals surface area contributed by atoms with Gasteiger partial charge in [0.2, 0.25) is 5.91 Å². The van der Waals surface area contributed by atoms with Crippen molar-refractivity contribution >= 4 is 17.6 Å². The van der Waals surface area contributed by atoms with E-state index in [9.17, 15) is 14.7 Å². The van der Waals surface area contributed by atoms with Crippen LogP contribution >= 0.6 is 0 Å². The molecule has 6 heteroatoms. The highest BCUT2D eigenvalue weighted by Crippen LogP contribution is 2.68. The fourth-order valence-corrected chi connectivity index (χ4v) is 4.94. The van der Waals surface area contributed by atoms with Gasteiger partial charge in [0.05, 0.1) is 24.4 Å². The smallest absolute Gasteiger partial charge is 0.317 e. The molecule has 4 aliphatic rings. The van der Waals surface area contributed by atoms with Gasteiger partial charge < -0.3 is 19.9 Å². The number of carboxylic acid groups (broad SMARTS) is 1. The highest BCUT2D eigenvalue weighted by Gasteiger charge is 2.84. The Labute approximate surface area is 144 Å². The van der Waals surface area contributed by atoms with Crippen molar-refractivity contribution in [1.82, 2.24) is 0 Å². The Kier molecular flexibility index (Phi) is 2.73. The average Bonchev–Trinajstić information content (AvgIpc) is 3.34. The van der Waals surface area contributed by atoms with E-state index in [0.29, 0.717) is 5.69 Å². The van der Waals surface area contributed by atoms with Gasteiger partial charge in [0.15, 0.2) is 0 Å². The van der Waals surface area contributed by atoms with E-state index in [-0.39, 0.29) is 5.91 Å². The lowest BCUT2D eigenvalue weighted by atomic mass is 9.52. The summed E-state index contributed by atoms with van der Waals surface area (Å²) in [5.41, 5.74) is -1.03. The number of fused-ring (bicyclic) bond motifs is 9. The second-order valence-electron chi connectivity index (χ2n) is 7.09. The predicted molar refractivity (Wildman–Crippen MR) is 87.9 cm³/mol. The van der Waals surface area contributed by atoms with Crippen LogP contribution in [0.2, 0.25) is 0 Å². The van der Waals surface area contributed by atoms with Crippen molar-refractivity contribution in [3.63, 3.8) is 0 Å². The number of hydrogen-bond donors (Lipinski definition) is 2. The molecule has 4 bridgehead atoms. The molecule has 0 saturated carbocycles. The van der Waals surface area contributed by atoms with Gasteiger partial charge in [0.25, 0.3) is 0 Å². The highest BCUT2D eigenvalue weighted by molar-refractivity contribution is 6.03. The lowest BCUT2D eigenvalue weighted by Gasteiger charge is -2.43. The molecule has 1 aromatic carbocycles. The van der Waals surface area contributed by atoms with Gasteiger partial charge in [0.1, 0.15) is 10.8 Å². The van der Waals surface area contributed by atoms with Gasteiger partial charge in [-0.15, -0.1) is 0 Å². The summed E-state index contributed by atoms with van der Waals surface area (Å²) >= 11 is 0. The molecule has 4 aliphatic heterocycles. The standard InChI is InChI=1S/C19H17NO5/c1-10-2-4-11(5-3-10)20-16(21)18-12-6-8-14(24-12)19(18,17(22)23)15-9-7-13(18)25-15/h2-9,12-15H,1H3,(H,20,21)(H,22,23)/t12-,13+,14+,15-,18?,19?. The zero-order chi connectivity index (χ0) is 17.4. The summed E-state index contributed by atoms with van der Waals surface area (Å²) in [6.45, 7) is 1.96. The number of aliphatic carboxylic acids is 1. The monoisotopic (exact) mass is 339 g/mol. The fraction of sp³-hybridized carbons (Fsp3) is 0.368. The highest BCUT2D eigenvalue weighted by atomic mass is 16.6. The van der Waals surface area contributed by atoms with Crippen molar-refractivity contribution in [1.29, 1.82) is 0 Å². The van der Waals surface area contributed by atoms with Gasteiger partial charge in [-0.3, -0.25) is 9.59 Å². The molecule has 2 fully saturated rings. The summed E-state index contributed by atoms with van der Waals surface area (Å²) in [5, 5.41) is 13.0. The zero-order valence-corrected chi connectivity index (χ0v) is 13.5. The Morgan fingerprint density at radius 2 is 1.40 bits per heavy atom. The lowest BCUT2D eigenvalue weighted by molar-refractivity contribution is -0.161. The average molecular weight is 339 g/mol. The third-order valence-corrected chi connectivity index (χ3v) is 6.03. The number of carboxylic acids is 1. The Morgan fingerprint density at radius 3 is 1.88 bits per heavy atom. The Morgan fingerprint density at radius 1 is 0.920 bits per heavy atom. The number of aryl methyl sites for hydroxylation is 1. The van der Waals surface area contributed by atoms with Crippen LogP contribution in [-0.2, 0) is 19.1 Å². The van der Waals surface area contributed by atoms with E-state index in [1.165, 1.54) is 0 Å². The van der Waals surface area contributed by atoms with Crippen LogP contribution in [0.15, 0.2) is 48.6 Å². The Hall–Kier alpha value is -2.44. The summed E-state index contributed by atoms with van der Waals surface area (Å²) in [6, 6.07) is 7.40. The van der Waals surface area contributed by atoms with Crippen LogP contribution in [0.25, 0.3) is 0 Å². The molecular weight excluding hydrogens is 322 g/mol. The van der Waals surface area contributed by atoms with E-state index >= 15 is 0 Å². The van der Waals surface area contributed by atoms with Crippen LogP contribution in [0, 0.1) is 17.8 Å². The van der Waals surface area contributed by atoms with Crippen molar-refractivity contribution in [3.05, 3.63) is 54.1 Å². The van der Waals surface area contributed by atoms with Gasteiger partial charge in [-0.05, 0) is 19.1 Å². The van der Waals surface area contributed by atoms with Crippen molar-refractivity contribution in [2.45, 2.75) is 31.3 Å². The number of carbonyl (C=O) groups is 2. The van der Waals surface area contributed by atoms with E-state index in [4.69, 9.17) is 9.47 Å². The Balaban J connectivity index is 1.63. The topological polar surface area (TPSA) is 84.9 Å². The second kappa shape index (κ2) is 4.59. The third kappa shape index (κ3) is 1.48. The summed E-state index contributed by atoms with van der Waals surface area (Å²) in [4.78, 5) is 25.8. The molecule has 0 aliphatic carbocycles. The molecule has 0 radical (unpaired) electrons. The van der Waals surface area contributed by atoms with E-state index in [0.717, 1.165) is 5.56 Å². The first-order chi connectivity index (χ1) is 12.0. The third-order valence-electron chi connectivity index (χ3n) is 6.03. The zero-order valence-electron chi connectivity index (χ0n) is 13.5. The molecule has 0 aromatic heterocycles. The number of carbonyl (C=O) groups excluding carboxylic acids is 1. The maximum atomic E-state index is 13.4. The van der Waals surface area contributed by atoms with Gasteiger partial charge in [-0.1, -0.05) is 42.0 Å². The molecule has 4 heterocycles. The molecule has 1 aromatic rings. The van der Waals surface area contributed by atoms with Crippen LogP contribution in [0.3, 0.4) is 0 Å².